The van der Waals surface area contributed by atoms with Crippen molar-refractivity contribution in [3.8, 4) is 0 Å². The van der Waals surface area contributed by atoms with Crippen LogP contribution in [0.4, 0.5) is 47.1 Å². The molecule has 7 heterocycles. The van der Waals surface area contributed by atoms with Gasteiger partial charge in [0.05, 0.1) is 97.3 Å². The Kier molecular flexibility index (Phi) is 36.7. The van der Waals surface area contributed by atoms with Gasteiger partial charge in [-0.2, -0.15) is 24.2 Å². The standard InChI is InChI=1S/C31H30N4O2S.C28H31N5O3S2.C27H29N5O3S2.C26H26N4O4S2/c36-20-24-13-5-9-17-29(24)38-28-16-8-4-12-23(28)19-32-31-34-27-15-7-6-14-26(27)30(35-31)33-25(21-37)18-22-10-2-1-3-11-22;1-38(35,36)33-16-14-22(15-17-33)30-27-23-10-4-5-11-24(23)31-28(32-27)29-18-20-8-2-6-12-25(20)37-26-13-7-3-9-21(26)19-34;1-37(34,35)32-16-14-31(15-17-32)26-22-10-4-5-11-23(22)29-27(30-26)28-18-20-8-2-6-12-24(20)36-25-13-7-3-9-21(25)19-33;31-14-18-8-2-6-12-24(18)35-23-11-5-1-7-17(23)13-27-26-29-20-10-4-3-9-19(20)25(30-26)28-21-15-36(33,34)16-22(21)32/h1-17,25,36-37H,18-21H2,(H2,32,33,34,35);2-13,22,34H,14-19H2,1H3,(H2,29,30,31,32);2-13,33H,14-19H2,1H3,(H,28,29,30);1-12,21-22,31-32H,13-16H2,(H2,27,28,29,30)/t25-;;;/m0.../s1. The summed E-state index contributed by atoms with van der Waals surface area (Å²) >= 11 is 6.49. The van der Waals surface area contributed by atoms with Gasteiger partial charge < -0.3 is 72.8 Å². The minimum atomic E-state index is -3.30. The predicted octanol–water partition coefficient (Wildman–Crippen LogP) is 18.0. The van der Waals surface area contributed by atoms with Crippen molar-refractivity contribution in [3.05, 3.63) is 372 Å². The van der Waals surface area contributed by atoms with E-state index in [1.54, 1.807) is 47.0 Å². The topological polar surface area (TPSA) is 421 Å². The lowest BCUT2D eigenvalue weighted by Gasteiger charge is -2.34. The van der Waals surface area contributed by atoms with Crippen molar-refractivity contribution in [2.75, 3.05) is 112 Å². The van der Waals surface area contributed by atoms with Crippen LogP contribution in [0.2, 0.25) is 0 Å². The summed E-state index contributed by atoms with van der Waals surface area (Å²) in [5.41, 5.74) is 12.3. The van der Waals surface area contributed by atoms with Gasteiger partial charge in [-0.3, -0.25) is 0 Å². The molecule has 3 atom stereocenters. The number of aliphatic hydroxyl groups is 6. The molecular formula is C112H116N18O12S7. The average Bonchev–Trinajstić information content (AvgIpc) is 1.74. The first-order chi connectivity index (χ1) is 72.5. The van der Waals surface area contributed by atoms with Crippen LogP contribution in [-0.4, -0.2) is 198 Å². The Labute approximate surface area is 884 Å². The first kappa shape index (κ1) is 107. The van der Waals surface area contributed by atoms with Crippen LogP contribution in [0.15, 0.2) is 361 Å². The molecule has 149 heavy (non-hydrogen) atoms. The zero-order valence-electron chi connectivity index (χ0n) is 82.0. The van der Waals surface area contributed by atoms with Crippen LogP contribution in [0.25, 0.3) is 43.6 Å². The zero-order valence-corrected chi connectivity index (χ0v) is 87.7. The lowest BCUT2D eigenvalue weighted by atomic mass is 10.1. The Balaban J connectivity index is 0.000000135. The number of aromatic nitrogens is 8. The molecule has 3 aliphatic rings. The molecule has 13 aromatic carbocycles. The van der Waals surface area contributed by atoms with Crippen molar-refractivity contribution >= 4 is 168 Å². The highest BCUT2D eigenvalue weighted by Gasteiger charge is 2.38. The maximum atomic E-state index is 12.0. The van der Waals surface area contributed by atoms with E-state index >= 15 is 0 Å². The summed E-state index contributed by atoms with van der Waals surface area (Å²) in [5.74, 6) is 4.26. The van der Waals surface area contributed by atoms with Crippen molar-refractivity contribution in [2.24, 2.45) is 0 Å². The van der Waals surface area contributed by atoms with Gasteiger partial charge in [0.15, 0.2) is 9.84 Å². The van der Waals surface area contributed by atoms with E-state index in [4.69, 9.17) is 29.9 Å². The summed E-state index contributed by atoms with van der Waals surface area (Å²) < 4.78 is 74.7. The number of aliphatic hydroxyl groups excluding tert-OH is 6. The molecule has 0 aliphatic carbocycles. The number of para-hydroxylation sites is 4. The maximum Gasteiger partial charge on any atom is 0.225 e. The van der Waals surface area contributed by atoms with Crippen molar-refractivity contribution in [1.29, 1.82) is 0 Å². The molecule has 17 aromatic rings. The Morgan fingerprint density at radius 2 is 0.631 bits per heavy atom. The molecule has 0 bridgehead atoms. The number of piperidine rings is 1. The first-order valence-electron chi connectivity index (χ1n) is 48.8. The molecule has 0 spiro atoms. The van der Waals surface area contributed by atoms with E-state index < -0.39 is 42.0 Å². The van der Waals surface area contributed by atoms with E-state index in [9.17, 15) is 55.9 Å². The molecule has 4 aromatic heterocycles. The quantitative estimate of drug-likeness (QED) is 0.0173. The maximum absolute atomic E-state index is 12.0. The number of hydrogen-bond acceptors (Lipinski definition) is 32. The van der Waals surface area contributed by atoms with Crippen LogP contribution in [0.5, 0.6) is 0 Å². The fraction of sp³-hybridized carbons (Fsp3) is 0.232. The fourth-order valence-electron chi connectivity index (χ4n) is 17.4. The Hall–Kier alpha value is -13.5. The van der Waals surface area contributed by atoms with Gasteiger partial charge >= 0.3 is 0 Å². The van der Waals surface area contributed by atoms with Crippen LogP contribution < -0.4 is 42.1 Å². The van der Waals surface area contributed by atoms with Gasteiger partial charge in [-0.25, -0.2) is 49.5 Å². The highest BCUT2D eigenvalue weighted by atomic mass is 32.2. The first-order valence-corrected chi connectivity index (χ1v) is 57.5. The number of piperazine rings is 1. The summed E-state index contributed by atoms with van der Waals surface area (Å²) in [6, 6.07) is 104. The summed E-state index contributed by atoms with van der Waals surface area (Å²) in [6.45, 7) is 5.01. The minimum Gasteiger partial charge on any atom is -0.394 e. The van der Waals surface area contributed by atoms with Gasteiger partial charge in [0.25, 0.3) is 0 Å². The van der Waals surface area contributed by atoms with Gasteiger partial charge in [0, 0.05) is 132 Å². The summed E-state index contributed by atoms with van der Waals surface area (Å²) in [6.07, 6.45) is 3.63. The second-order valence-corrected chi connectivity index (χ2v) is 46.2. The van der Waals surface area contributed by atoms with E-state index in [-0.39, 0.29) is 56.6 Å². The third-order valence-electron chi connectivity index (χ3n) is 25.3. The average molecular weight is 2130 g/mol. The minimum absolute atomic E-state index is 0.00240. The highest BCUT2D eigenvalue weighted by molar-refractivity contribution is 8.00. The molecule has 30 nitrogen and oxygen atoms in total. The molecule has 13 N–H and O–H groups in total. The van der Waals surface area contributed by atoms with Gasteiger partial charge in [0.1, 0.15) is 23.3 Å². The van der Waals surface area contributed by atoms with Gasteiger partial charge in [-0.15, -0.1) is 0 Å². The molecule has 0 amide bonds. The molecule has 3 aliphatic heterocycles. The van der Waals surface area contributed by atoms with Crippen LogP contribution in [0.1, 0.15) is 62.9 Å². The molecule has 768 valence electrons. The van der Waals surface area contributed by atoms with Crippen LogP contribution in [0, 0.1) is 0 Å². The van der Waals surface area contributed by atoms with Crippen molar-refractivity contribution < 1.29 is 55.9 Å². The Morgan fingerprint density at radius 3 is 0.980 bits per heavy atom. The van der Waals surface area contributed by atoms with Crippen LogP contribution in [-0.2, 0) is 88.9 Å². The van der Waals surface area contributed by atoms with E-state index in [2.05, 4.69) is 101 Å². The Bertz CT molecular complexity index is 7850. The molecule has 0 radical (unpaired) electrons. The number of fused-ring (bicyclic) bond motifs is 4. The molecule has 3 fully saturated rings. The lowest BCUT2D eigenvalue weighted by molar-refractivity contribution is 0.190. The zero-order chi connectivity index (χ0) is 104. The number of nitrogens with zero attached hydrogens (tertiary/aromatic N) is 11. The summed E-state index contributed by atoms with van der Waals surface area (Å²) in [4.78, 5) is 48.5. The second-order valence-electron chi connectivity index (χ2n) is 35.8. The largest absolute Gasteiger partial charge is 0.394 e. The predicted molar refractivity (Wildman–Crippen MR) is 598 cm³/mol. The molecule has 2 unspecified atom stereocenters. The molecule has 37 heteroatoms. The third-order valence-corrected chi connectivity index (χ3v) is 34.6. The van der Waals surface area contributed by atoms with Crippen molar-refractivity contribution in [3.63, 3.8) is 0 Å². The summed E-state index contributed by atoms with van der Waals surface area (Å²) in [7, 11) is -9.68. The van der Waals surface area contributed by atoms with E-state index in [1.165, 1.54) is 21.1 Å². The van der Waals surface area contributed by atoms with Gasteiger partial charge in [-0.05, 0) is 166 Å². The highest BCUT2D eigenvalue weighted by Crippen LogP contribution is 2.40. The molecule has 0 saturated carbocycles. The third kappa shape index (κ3) is 28.8. The van der Waals surface area contributed by atoms with Crippen molar-refractivity contribution in [1.82, 2.24) is 48.5 Å². The fourth-order valence-corrected chi connectivity index (χ4v) is 25.1. The molecular weight excluding hydrogens is 2010 g/mol. The van der Waals surface area contributed by atoms with E-state index in [1.807, 2.05) is 273 Å². The summed E-state index contributed by atoms with van der Waals surface area (Å²) in [5, 5.41) is 86.3. The number of anilines is 8. The second kappa shape index (κ2) is 51.2. The number of benzene rings is 13. The monoisotopic (exact) mass is 2130 g/mol. The lowest BCUT2D eigenvalue weighted by Crippen LogP contribution is -2.48. The van der Waals surface area contributed by atoms with E-state index in [0.29, 0.717) is 126 Å². The smallest absolute Gasteiger partial charge is 0.225 e. The SMILES string of the molecule is CS(=O)(=O)N1CCC(Nc2nc(NCc3ccccc3Sc3ccccc3CO)nc3ccccc23)CC1.CS(=O)(=O)N1CCN(c2nc(NCc3ccccc3Sc3ccccc3CO)nc3ccccc23)CC1.O=S1(=O)CC(O)C(Nc2nc(NCc3ccccc3Sc3ccccc3CO)nc3ccccc23)C1.OCc1ccccc1Sc1ccccc1CNc1nc(N[C@H](CO)Cc2ccccc2)c2ccccc2n1. The number of nitrogens with one attached hydrogen (secondary N) is 7. The van der Waals surface area contributed by atoms with Crippen LogP contribution in [0.3, 0.4) is 0 Å². The normalized spacial score (nSPS) is 15.0. The van der Waals surface area contributed by atoms with Crippen LogP contribution >= 0.6 is 47.0 Å². The molecule has 20 rings (SSSR count). The number of rotatable bonds is 36. The molecule has 3 saturated heterocycles. The number of sulfone groups is 1. The van der Waals surface area contributed by atoms with Gasteiger partial charge in [-0.1, -0.05) is 272 Å². The van der Waals surface area contributed by atoms with E-state index in [0.717, 1.165) is 139 Å². The van der Waals surface area contributed by atoms with Crippen molar-refractivity contribution in [2.45, 2.75) is 135 Å². The Morgan fingerprint density at radius 1 is 0.336 bits per heavy atom. The number of hydrogen-bond donors (Lipinski definition) is 13. The number of sulfonamides is 2. The van der Waals surface area contributed by atoms with Gasteiger partial charge in [0.2, 0.25) is 43.8 Å².